The zero-order valence-corrected chi connectivity index (χ0v) is 11.8. The average Bonchev–Trinajstić information content (AvgIpc) is 2.24. The molecule has 0 saturated heterocycles. The molecule has 0 aromatic rings. The lowest BCUT2D eigenvalue weighted by Gasteiger charge is -2.09. The van der Waals surface area contributed by atoms with Crippen molar-refractivity contribution in [2.45, 2.75) is 78.6 Å². The first-order chi connectivity index (χ1) is 8.02. The van der Waals surface area contributed by atoms with Gasteiger partial charge >= 0.3 is 0 Å². The Morgan fingerprint density at radius 1 is 0.765 bits per heavy atom. The van der Waals surface area contributed by atoms with Crippen LogP contribution in [0.25, 0.3) is 0 Å². The van der Waals surface area contributed by atoms with Crippen molar-refractivity contribution in [2.75, 3.05) is 0 Å². The zero-order valence-electron chi connectivity index (χ0n) is 11.8. The number of unbranched alkanes of at least 4 members (excludes halogenated alkanes) is 4. The molecule has 0 aromatic carbocycles. The molecule has 0 N–H and O–H groups in total. The Balaban J connectivity index is 3.21. The summed E-state index contributed by atoms with van der Waals surface area (Å²) in [5.74, 6) is 1.29. The van der Waals surface area contributed by atoms with E-state index in [2.05, 4.69) is 6.92 Å². The third-order valence-electron chi connectivity index (χ3n) is 3.21. The molecule has 2 nitrogen and oxygen atoms in total. The Morgan fingerprint density at radius 2 is 1.29 bits per heavy atom. The molecule has 1 unspecified atom stereocenters. The van der Waals surface area contributed by atoms with Gasteiger partial charge in [-0.3, -0.25) is 0 Å². The first kappa shape index (κ1) is 16.3. The molecule has 0 aliphatic heterocycles. The highest BCUT2D eigenvalue weighted by Gasteiger charge is 2.03. The van der Waals surface area contributed by atoms with Gasteiger partial charge in [0.25, 0.3) is 0 Å². The van der Waals surface area contributed by atoms with Crippen LogP contribution in [-0.4, -0.2) is 11.6 Å². The molecule has 2 heteroatoms. The van der Waals surface area contributed by atoms with Crippen LogP contribution >= 0.6 is 0 Å². The van der Waals surface area contributed by atoms with Crippen LogP contribution in [0.2, 0.25) is 0 Å². The van der Waals surface area contributed by atoms with Crippen molar-refractivity contribution in [1.29, 1.82) is 0 Å². The Hall–Kier alpha value is -0.660. The van der Waals surface area contributed by atoms with Crippen LogP contribution in [0.3, 0.4) is 0 Å². The van der Waals surface area contributed by atoms with Crippen molar-refractivity contribution in [2.24, 2.45) is 5.92 Å². The molecule has 0 spiro atoms. The van der Waals surface area contributed by atoms with Crippen molar-refractivity contribution >= 4 is 11.6 Å². The minimum atomic E-state index is 0.307. The van der Waals surface area contributed by atoms with Crippen LogP contribution in [0, 0.1) is 5.92 Å². The Kier molecular flexibility index (Phi) is 10.1. The molecule has 0 amide bonds. The van der Waals surface area contributed by atoms with E-state index in [1.165, 1.54) is 32.1 Å². The van der Waals surface area contributed by atoms with Gasteiger partial charge in [0.05, 0.1) is 0 Å². The average molecular weight is 240 g/mol. The van der Waals surface area contributed by atoms with Crippen LogP contribution in [0.5, 0.6) is 0 Å². The van der Waals surface area contributed by atoms with Gasteiger partial charge in [-0.15, -0.1) is 0 Å². The number of ketones is 2. The summed E-state index contributed by atoms with van der Waals surface area (Å²) in [6.45, 7) is 5.57. The van der Waals surface area contributed by atoms with Gasteiger partial charge in [0.1, 0.15) is 11.6 Å². The first-order valence-corrected chi connectivity index (χ1v) is 7.01. The molecule has 0 radical (unpaired) electrons. The van der Waals surface area contributed by atoms with Crippen molar-refractivity contribution in [1.82, 2.24) is 0 Å². The highest BCUT2D eigenvalue weighted by Crippen LogP contribution is 2.16. The largest absolute Gasteiger partial charge is 0.300 e. The van der Waals surface area contributed by atoms with E-state index >= 15 is 0 Å². The second-order valence-electron chi connectivity index (χ2n) is 5.35. The lowest BCUT2D eigenvalue weighted by Crippen LogP contribution is -1.99. The summed E-state index contributed by atoms with van der Waals surface area (Å²) in [4.78, 5) is 21.5. The minimum Gasteiger partial charge on any atom is -0.300 e. The highest BCUT2D eigenvalue weighted by atomic mass is 16.1. The van der Waals surface area contributed by atoms with Crippen LogP contribution in [-0.2, 0) is 9.59 Å². The van der Waals surface area contributed by atoms with Crippen molar-refractivity contribution < 1.29 is 9.59 Å². The lowest BCUT2D eigenvalue weighted by molar-refractivity contribution is -0.118. The fourth-order valence-electron chi connectivity index (χ4n) is 1.99. The maximum absolute atomic E-state index is 10.8. The summed E-state index contributed by atoms with van der Waals surface area (Å²) in [6, 6.07) is 0. The highest BCUT2D eigenvalue weighted by molar-refractivity contribution is 5.75. The predicted octanol–water partition coefficient (Wildman–Crippen LogP) is 4.31. The summed E-state index contributed by atoms with van der Waals surface area (Å²) in [5.41, 5.74) is 0. The number of carbonyl (C=O) groups is 2. The number of hydrogen-bond donors (Lipinski definition) is 0. The predicted molar refractivity (Wildman–Crippen MR) is 72.1 cm³/mol. The van der Waals surface area contributed by atoms with E-state index in [1.807, 2.05) is 0 Å². The smallest absolute Gasteiger partial charge is 0.129 e. The molecular weight excluding hydrogens is 212 g/mol. The van der Waals surface area contributed by atoms with Gasteiger partial charge in [-0.2, -0.15) is 0 Å². The standard InChI is InChI=1S/C15H28O2/c1-13(11-12-15(3)17)9-7-5-4-6-8-10-14(2)16/h13H,4-12H2,1-3H3. The van der Waals surface area contributed by atoms with E-state index in [4.69, 9.17) is 0 Å². The number of carbonyl (C=O) groups excluding carboxylic acids is 2. The molecule has 0 bridgehead atoms. The van der Waals surface area contributed by atoms with Crippen molar-refractivity contribution in [3.63, 3.8) is 0 Å². The first-order valence-electron chi connectivity index (χ1n) is 7.01. The van der Waals surface area contributed by atoms with Crippen LogP contribution < -0.4 is 0 Å². The second-order valence-corrected chi connectivity index (χ2v) is 5.35. The van der Waals surface area contributed by atoms with Crippen LogP contribution in [0.15, 0.2) is 0 Å². The lowest BCUT2D eigenvalue weighted by atomic mass is 9.96. The van der Waals surface area contributed by atoms with E-state index in [0.29, 0.717) is 17.5 Å². The van der Waals surface area contributed by atoms with Gasteiger partial charge in [-0.1, -0.05) is 39.0 Å². The molecule has 17 heavy (non-hydrogen) atoms. The second kappa shape index (κ2) is 10.5. The Bertz CT molecular complexity index is 221. The number of rotatable bonds is 11. The minimum absolute atomic E-state index is 0.307. The summed E-state index contributed by atoms with van der Waals surface area (Å²) in [7, 11) is 0. The van der Waals surface area contributed by atoms with Gasteiger partial charge in [0.2, 0.25) is 0 Å². The fraction of sp³-hybridized carbons (Fsp3) is 0.867. The monoisotopic (exact) mass is 240 g/mol. The molecule has 0 aliphatic carbocycles. The fourth-order valence-corrected chi connectivity index (χ4v) is 1.99. The molecule has 100 valence electrons. The summed E-state index contributed by atoms with van der Waals surface area (Å²) >= 11 is 0. The third-order valence-corrected chi connectivity index (χ3v) is 3.21. The van der Waals surface area contributed by atoms with Crippen LogP contribution in [0.4, 0.5) is 0 Å². The van der Waals surface area contributed by atoms with Crippen LogP contribution in [0.1, 0.15) is 78.6 Å². The van der Waals surface area contributed by atoms with E-state index < -0.39 is 0 Å². The molecular formula is C15H28O2. The molecule has 0 saturated carbocycles. The topological polar surface area (TPSA) is 34.1 Å². The number of hydrogen-bond acceptors (Lipinski definition) is 2. The van der Waals surface area contributed by atoms with Gasteiger partial charge in [-0.05, 0) is 32.6 Å². The summed E-state index contributed by atoms with van der Waals surface area (Å²) in [6.07, 6.45) is 9.76. The zero-order chi connectivity index (χ0) is 13.1. The normalized spacial score (nSPS) is 12.4. The van der Waals surface area contributed by atoms with Crippen molar-refractivity contribution in [3.8, 4) is 0 Å². The van der Waals surface area contributed by atoms with Gasteiger partial charge in [0, 0.05) is 12.8 Å². The third kappa shape index (κ3) is 13.3. The molecule has 1 atom stereocenters. The SMILES string of the molecule is CC(=O)CCCCCCCC(C)CCC(C)=O. The molecule has 0 aromatic heterocycles. The van der Waals surface area contributed by atoms with E-state index in [0.717, 1.165) is 25.7 Å². The Labute approximate surface area is 106 Å². The van der Waals surface area contributed by atoms with E-state index in [-0.39, 0.29) is 0 Å². The van der Waals surface area contributed by atoms with Gasteiger partial charge < -0.3 is 9.59 Å². The summed E-state index contributed by atoms with van der Waals surface area (Å²) in [5, 5.41) is 0. The Morgan fingerprint density at radius 3 is 1.88 bits per heavy atom. The maximum atomic E-state index is 10.8. The molecule has 0 heterocycles. The molecule has 0 fully saturated rings. The van der Waals surface area contributed by atoms with Gasteiger partial charge in [0.15, 0.2) is 0 Å². The van der Waals surface area contributed by atoms with Crippen molar-refractivity contribution in [3.05, 3.63) is 0 Å². The maximum Gasteiger partial charge on any atom is 0.129 e. The quantitative estimate of drug-likeness (QED) is 0.504. The molecule has 0 rings (SSSR count). The van der Waals surface area contributed by atoms with Gasteiger partial charge in [-0.25, -0.2) is 0 Å². The molecule has 0 aliphatic rings. The van der Waals surface area contributed by atoms with E-state index in [1.54, 1.807) is 13.8 Å². The van der Waals surface area contributed by atoms with E-state index in [9.17, 15) is 9.59 Å². The summed E-state index contributed by atoms with van der Waals surface area (Å²) < 4.78 is 0. The number of Topliss-reactive ketones (excluding diaryl/α,β-unsaturated/α-hetero) is 2.